The first kappa shape index (κ1) is 21.6. The Morgan fingerprint density at radius 1 is 1.31 bits per heavy atom. The summed E-state index contributed by atoms with van der Waals surface area (Å²) in [6.07, 6.45) is 0. The molecule has 0 aliphatic carbocycles. The summed E-state index contributed by atoms with van der Waals surface area (Å²) in [4.78, 5) is 26.5. The maximum absolute atomic E-state index is 12.4. The monoisotopic (exact) mass is 452 g/mol. The predicted octanol–water partition coefficient (Wildman–Crippen LogP) is 4.07. The molecule has 1 N–H and O–H groups in total. The van der Waals surface area contributed by atoms with Gasteiger partial charge < -0.3 is 14.6 Å². The Hall–Kier alpha value is -2.10. The van der Waals surface area contributed by atoms with Gasteiger partial charge in [-0.25, -0.2) is 0 Å². The number of carbonyl (C=O) groups excluding carboxylic acids is 2. The Balaban J connectivity index is 1.63. The number of likely N-dealkylation sites (N-methyl/N-ethyl adjacent to an activating group) is 1. The lowest BCUT2D eigenvalue weighted by Gasteiger charge is -2.20. The van der Waals surface area contributed by atoms with E-state index in [-0.39, 0.29) is 35.4 Å². The summed E-state index contributed by atoms with van der Waals surface area (Å²) in [7, 11) is 0. The molecule has 0 aliphatic rings. The van der Waals surface area contributed by atoms with E-state index in [0.29, 0.717) is 22.3 Å². The quantitative estimate of drug-likeness (QED) is 0.518. The highest BCUT2D eigenvalue weighted by Crippen LogP contribution is 2.41. The number of nitrogens with one attached hydrogen (secondary N) is 1. The summed E-state index contributed by atoms with van der Waals surface area (Å²) >= 11 is 9.07. The molecular formula is C19H21ClN4O3S2. The molecule has 10 heteroatoms. The van der Waals surface area contributed by atoms with E-state index in [2.05, 4.69) is 15.5 Å². The number of thiophene rings is 1. The van der Waals surface area contributed by atoms with Gasteiger partial charge in [0.15, 0.2) is 0 Å². The van der Waals surface area contributed by atoms with Gasteiger partial charge in [0.05, 0.1) is 17.3 Å². The fraction of sp³-hybridized carbons (Fsp3) is 0.368. The summed E-state index contributed by atoms with van der Waals surface area (Å²) in [6, 6.07) is 7.82. The maximum Gasteiger partial charge on any atom is 0.277 e. The Kier molecular flexibility index (Phi) is 7.15. The van der Waals surface area contributed by atoms with Gasteiger partial charge in [-0.1, -0.05) is 41.6 Å². The number of carbonyl (C=O) groups is 2. The van der Waals surface area contributed by atoms with Crippen molar-refractivity contribution < 1.29 is 14.0 Å². The zero-order chi connectivity index (χ0) is 21.0. The minimum Gasteiger partial charge on any atom is -0.410 e. The van der Waals surface area contributed by atoms with Gasteiger partial charge in [0, 0.05) is 22.7 Å². The molecule has 154 valence electrons. The lowest BCUT2D eigenvalue weighted by atomic mass is 10.2. The second-order valence-corrected chi connectivity index (χ2v) is 8.89. The number of hydrogen-bond acceptors (Lipinski definition) is 7. The van der Waals surface area contributed by atoms with Gasteiger partial charge >= 0.3 is 0 Å². The van der Waals surface area contributed by atoms with E-state index < -0.39 is 0 Å². The molecule has 29 heavy (non-hydrogen) atoms. The lowest BCUT2D eigenvalue weighted by molar-refractivity contribution is -0.134. The first-order valence-corrected chi connectivity index (χ1v) is 11.3. The molecule has 0 spiro atoms. The summed E-state index contributed by atoms with van der Waals surface area (Å²) in [5.41, 5.74) is 0. The molecule has 0 fully saturated rings. The number of thioether (sulfide) groups is 1. The van der Waals surface area contributed by atoms with Crippen LogP contribution >= 0.6 is 34.7 Å². The van der Waals surface area contributed by atoms with Crippen LogP contribution in [0.1, 0.15) is 20.8 Å². The van der Waals surface area contributed by atoms with Crippen molar-refractivity contribution >= 4 is 56.6 Å². The van der Waals surface area contributed by atoms with Crippen molar-refractivity contribution in [3.05, 3.63) is 29.3 Å². The summed E-state index contributed by atoms with van der Waals surface area (Å²) < 4.78 is 6.73. The van der Waals surface area contributed by atoms with Crippen LogP contribution in [0.2, 0.25) is 5.02 Å². The highest BCUT2D eigenvalue weighted by molar-refractivity contribution is 7.99. The average molecular weight is 453 g/mol. The molecule has 0 aliphatic heterocycles. The molecule has 1 aromatic carbocycles. The third kappa shape index (κ3) is 5.29. The van der Waals surface area contributed by atoms with Gasteiger partial charge in [-0.3, -0.25) is 9.59 Å². The molecule has 7 nitrogen and oxygen atoms in total. The van der Waals surface area contributed by atoms with Crippen LogP contribution in [0.5, 0.6) is 0 Å². The molecule has 3 aromatic rings. The normalized spacial score (nSPS) is 11.2. The number of aromatic nitrogens is 2. The van der Waals surface area contributed by atoms with E-state index in [1.807, 2.05) is 45.0 Å². The number of amides is 2. The van der Waals surface area contributed by atoms with Crippen molar-refractivity contribution in [3.63, 3.8) is 0 Å². The molecule has 2 heterocycles. The summed E-state index contributed by atoms with van der Waals surface area (Å²) in [6.45, 7) is 6.06. The topological polar surface area (TPSA) is 88.3 Å². The van der Waals surface area contributed by atoms with Crippen molar-refractivity contribution in [2.24, 2.45) is 0 Å². The van der Waals surface area contributed by atoms with E-state index >= 15 is 0 Å². The van der Waals surface area contributed by atoms with Crippen molar-refractivity contribution in [1.29, 1.82) is 0 Å². The first-order chi connectivity index (χ1) is 13.9. The SMILES string of the molecule is CCN(CC(=O)NC(C)C)C(=O)CSc1nnc(-c2sc3ccccc3c2Cl)o1. The summed E-state index contributed by atoms with van der Waals surface area (Å²) in [5, 5.41) is 12.7. The second kappa shape index (κ2) is 9.60. The zero-order valence-corrected chi connectivity index (χ0v) is 18.7. The Bertz CT molecular complexity index is 1020. The molecular weight excluding hydrogens is 432 g/mol. The number of nitrogens with zero attached hydrogens (tertiary/aromatic N) is 3. The van der Waals surface area contributed by atoms with Gasteiger partial charge in [-0.2, -0.15) is 0 Å². The van der Waals surface area contributed by atoms with Crippen LogP contribution in [0.3, 0.4) is 0 Å². The van der Waals surface area contributed by atoms with Crippen LogP contribution in [0.4, 0.5) is 0 Å². The minimum atomic E-state index is -0.181. The van der Waals surface area contributed by atoms with Crippen LogP contribution < -0.4 is 5.32 Å². The fourth-order valence-corrected chi connectivity index (χ4v) is 4.74. The molecule has 0 unspecified atom stereocenters. The van der Waals surface area contributed by atoms with Gasteiger partial charge in [-0.05, 0) is 26.8 Å². The number of benzene rings is 1. The predicted molar refractivity (Wildman–Crippen MR) is 116 cm³/mol. The van der Waals surface area contributed by atoms with Crippen LogP contribution in [0.15, 0.2) is 33.9 Å². The molecule has 2 amide bonds. The number of hydrogen-bond donors (Lipinski definition) is 1. The minimum absolute atomic E-state index is 0.0283. The smallest absolute Gasteiger partial charge is 0.277 e. The number of fused-ring (bicyclic) bond motifs is 1. The van der Waals surface area contributed by atoms with Crippen LogP contribution in [-0.4, -0.2) is 51.8 Å². The summed E-state index contributed by atoms with van der Waals surface area (Å²) in [5.74, 6) is 0.0791. The molecule has 0 radical (unpaired) electrons. The van der Waals surface area contributed by atoms with E-state index in [0.717, 1.165) is 21.8 Å². The lowest BCUT2D eigenvalue weighted by Crippen LogP contribution is -2.43. The van der Waals surface area contributed by atoms with E-state index in [1.54, 1.807) is 0 Å². The van der Waals surface area contributed by atoms with Crippen molar-refractivity contribution in [2.75, 3.05) is 18.8 Å². The third-order valence-corrected chi connectivity index (χ3v) is 6.44. The highest BCUT2D eigenvalue weighted by atomic mass is 35.5. The molecule has 0 bridgehead atoms. The molecule has 2 aromatic heterocycles. The average Bonchev–Trinajstić information content (AvgIpc) is 3.28. The van der Waals surface area contributed by atoms with Crippen LogP contribution in [0.25, 0.3) is 20.9 Å². The molecule has 0 saturated carbocycles. The largest absolute Gasteiger partial charge is 0.410 e. The number of halogens is 1. The second-order valence-electron chi connectivity index (χ2n) is 6.53. The zero-order valence-electron chi connectivity index (χ0n) is 16.3. The van der Waals surface area contributed by atoms with Crippen LogP contribution in [-0.2, 0) is 9.59 Å². The highest BCUT2D eigenvalue weighted by Gasteiger charge is 2.20. The Labute approximate surface area is 181 Å². The first-order valence-electron chi connectivity index (χ1n) is 9.09. The molecule has 0 atom stereocenters. The maximum atomic E-state index is 12.4. The van der Waals surface area contributed by atoms with E-state index in [9.17, 15) is 9.59 Å². The van der Waals surface area contributed by atoms with Crippen molar-refractivity contribution in [2.45, 2.75) is 32.0 Å². The standard InChI is InChI=1S/C19H21ClN4O3S2/c1-4-24(9-14(25)21-11(2)3)15(26)10-28-19-23-22-18(27-19)17-16(20)12-7-5-6-8-13(12)29-17/h5-8,11H,4,9-10H2,1-3H3,(H,21,25). The Morgan fingerprint density at radius 2 is 2.07 bits per heavy atom. The van der Waals surface area contributed by atoms with Crippen molar-refractivity contribution in [1.82, 2.24) is 20.4 Å². The molecule has 0 saturated heterocycles. The van der Waals surface area contributed by atoms with Crippen LogP contribution in [0, 0.1) is 0 Å². The van der Waals surface area contributed by atoms with E-state index in [1.165, 1.54) is 16.2 Å². The van der Waals surface area contributed by atoms with Gasteiger partial charge in [0.2, 0.25) is 11.8 Å². The fourth-order valence-electron chi connectivity index (χ4n) is 2.64. The van der Waals surface area contributed by atoms with E-state index in [4.69, 9.17) is 16.0 Å². The van der Waals surface area contributed by atoms with Gasteiger partial charge in [0.1, 0.15) is 4.88 Å². The Morgan fingerprint density at radius 3 is 2.76 bits per heavy atom. The number of rotatable bonds is 8. The third-order valence-electron chi connectivity index (χ3n) is 3.97. The molecule has 3 rings (SSSR count). The van der Waals surface area contributed by atoms with Gasteiger partial charge in [-0.15, -0.1) is 21.5 Å². The van der Waals surface area contributed by atoms with Gasteiger partial charge in [0.25, 0.3) is 11.1 Å². The van der Waals surface area contributed by atoms with Crippen molar-refractivity contribution in [3.8, 4) is 10.8 Å².